The molecule has 10 aromatic heterocycles. The smallest absolute Gasteiger partial charge is 0.271 e. The van der Waals surface area contributed by atoms with E-state index < -0.39 is 0 Å². The lowest BCUT2D eigenvalue weighted by Crippen LogP contribution is -2.16. The summed E-state index contributed by atoms with van der Waals surface area (Å²) in [6.45, 7) is 55.1. The summed E-state index contributed by atoms with van der Waals surface area (Å²) in [6, 6.07) is 64.1. The van der Waals surface area contributed by atoms with Crippen LogP contribution in [-0.2, 0) is 34.0 Å². The molecule has 0 bridgehead atoms. The lowest BCUT2D eigenvalue weighted by Gasteiger charge is -2.15. The molecule has 17 aromatic rings. The summed E-state index contributed by atoms with van der Waals surface area (Å²) in [5.41, 5.74) is 14.9. The van der Waals surface area contributed by atoms with Crippen LogP contribution in [0.15, 0.2) is 262 Å². The molecular weight excluding hydrogens is 1560 g/mol. The van der Waals surface area contributed by atoms with Crippen LogP contribution < -0.4 is 16.7 Å². The molecule has 11 heterocycles. The van der Waals surface area contributed by atoms with Crippen molar-refractivity contribution in [3.8, 4) is 0 Å². The van der Waals surface area contributed by atoms with E-state index in [0.717, 1.165) is 32.6 Å². The zero-order valence-electron chi connectivity index (χ0n) is 80.2. The number of hydrogen-bond acceptors (Lipinski definition) is 13. The molecule has 2 aliphatic rings. The Kier molecular flexibility index (Phi) is 61.1. The second-order valence-electron chi connectivity index (χ2n) is 25.5. The Bertz CT molecular complexity index is 5580. The molecule has 0 amide bonds. The van der Waals surface area contributed by atoms with Crippen LogP contribution in [-0.4, -0.2) is 78.8 Å². The highest BCUT2D eigenvalue weighted by Gasteiger charge is 2.09. The van der Waals surface area contributed by atoms with E-state index in [-0.39, 0.29) is 16.7 Å². The quantitative estimate of drug-likeness (QED) is 0.147. The number of pyridine rings is 2. The van der Waals surface area contributed by atoms with Gasteiger partial charge >= 0.3 is 0 Å². The summed E-state index contributed by atoms with van der Waals surface area (Å²) in [7, 11) is 7.23. The first-order valence-electron chi connectivity index (χ1n) is 44.4. The number of aromatic amines is 2. The molecule has 123 heavy (non-hydrogen) atoms. The van der Waals surface area contributed by atoms with E-state index in [9.17, 15) is 14.4 Å². The van der Waals surface area contributed by atoms with Crippen molar-refractivity contribution in [2.75, 3.05) is 20.1 Å². The van der Waals surface area contributed by atoms with E-state index >= 15 is 0 Å². The second-order valence-corrected chi connectivity index (χ2v) is 27.5. The number of aryl methyl sites for hydroxylation is 11. The number of furan rings is 1. The Labute approximate surface area is 745 Å². The number of nitrogens with zero attached hydrogens (tertiary/aromatic N) is 10. The number of rotatable bonds is 0. The minimum atomic E-state index is -0.0799. The molecule has 16 nitrogen and oxygen atoms in total. The van der Waals surface area contributed by atoms with E-state index in [1.807, 2.05) is 255 Å². The molecule has 2 N–H and O–H groups in total. The number of para-hydroxylation sites is 2. The first kappa shape index (κ1) is 112. The van der Waals surface area contributed by atoms with Gasteiger partial charge in [0.25, 0.3) is 16.7 Å². The molecule has 1 saturated heterocycles. The van der Waals surface area contributed by atoms with Crippen LogP contribution in [0.4, 0.5) is 0 Å². The van der Waals surface area contributed by atoms with Crippen LogP contribution >= 0.6 is 22.7 Å². The predicted molar refractivity (Wildman–Crippen MR) is 543 cm³/mol. The Morgan fingerprint density at radius 3 is 1.54 bits per heavy atom. The zero-order chi connectivity index (χ0) is 92.6. The Balaban J connectivity index is 0.00000132. The van der Waals surface area contributed by atoms with Crippen LogP contribution in [0.25, 0.3) is 84.9 Å². The van der Waals surface area contributed by atoms with Crippen LogP contribution in [0.5, 0.6) is 0 Å². The van der Waals surface area contributed by atoms with Gasteiger partial charge in [-0.2, -0.15) is 5.10 Å². The first-order chi connectivity index (χ1) is 60.0. The summed E-state index contributed by atoms with van der Waals surface area (Å²) >= 11 is 3.32. The van der Waals surface area contributed by atoms with Crippen molar-refractivity contribution in [1.29, 1.82) is 0 Å². The van der Waals surface area contributed by atoms with Gasteiger partial charge in [-0.1, -0.05) is 271 Å². The van der Waals surface area contributed by atoms with Gasteiger partial charge in [0.05, 0.1) is 59.6 Å². The van der Waals surface area contributed by atoms with Crippen LogP contribution in [0.1, 0.15) is 209 Å². The molecule has 19 rings (SSSR count). The summed E-state index contributed by atoms with van der Waals surface area (Å²) in [5.74, 6) is 0. The fourth-order valence-corrected chi connectivity index (χ4v) is 13.5. The monoisotopic (exact) mass is 1710 g/mol. The topological polar surface area (TPSA) is 191 Å². The molecule has 1 aliphatic carbocycles. The number of fused-ring (bicyclic) bond motifs is 10. The number of likely N-dealkylation sites (tertiary alicyclic amines) is 1. The van der Waals surface area contributed by atoms with Gasteiger partial charge < -0.3 is 28.0 Å². The van der Waals surface area contributed by atoms with Crippen molar-refractivity contribution in [3.05, 3.63) is 319 Å². The molecule has 1 aliphatic heterocycles. The average Bonchev–Trinajstić information content (AvgIpc) is 1.71. The average molecular weight is 1710 g/mol. The van der Waals surface area contributed by atoms with Gasteiger partial charge in [0.2, 0.25) is 0 Å². The van der Waals surface area contributed by atoms with Gasteiger partial charge in [-0.15, -0.1) is 22.7 Å². The molecule has 0 radical (unpaired) electrons. The SMILES string of the molecule is CC.CC.CC.CC.CC.CC.CC.CC.CC.CC.CN1CCCC1.Cc1cc2ccccc2cn1.Cc1ccc2[nH]ccc2c1.Cc1ccc2c(c1)CCCC2.Cc1ccc2ccccc2n1.Cc1cccc2c1sc1ccccc12.Cc1ccoc1.Cn1cnc2[nH]ncc2c1=O.Cn1cnc2ccccc2c1=O.Cn1cnc2ccsc2c1=O. The first-order valence-corrected chi connectivity index (χ1v) is 46.1. The number of hydrogen-bond donors (Lipinski definition) is 2. The Morgan fingerprint density at radius 2 is 0.927 bits per heavy atom. The lowest BCUT2D eigenvalue weighted by molar-refractivity contribution is 0.418. The van der Waals surface area contributed by atoms with Crippen molar-refractivity contribution in [1.82, 2.24) is 58.7 Å². The number of aromatic nitrogens is 11. The lowest BCUT2D eigenvalue weighted by atomic mass is 9.91. The predicted octanol–water partition coefficient (Wildman–Crippen LogP) is 28.9. The van der Waals surface area contributed by atoms with Crippen molar-refractivity contribution in [3.63, 3.8) is 0 Å². The normalized spacial score (nSPS) is 10.5. The molecule has 0 saturated carbocycles. The number of H-pyrrole nitrogens is 2. The number of benzene rings is 7. The highest BCUT2D eigenvalue weighted by Crippen LogP contribution is 2.35. The maximum Gasteiger partial charge on any atom is 0.271 e. The maximum absolute atomic E-state index is 11.5. The van der Waals surface area contributed by atoms with Crippen LogP contribution in [0.3, 0.4) is 0 Å². The van der Waals surface area contributed by atoms with Gasteiger partial charge in [-0.25, -0.2) is 15.0 Å². The van der Waals surface area contributed by atoms with E-state index in [4.69, 9.17) is 4.42 Å². The van der Waals surface area contributed by atoms with E-state index in [2.05, 4.69) is 188 Å². The van der Waals surface area contributed by atoms with E-state index in [0.29, 0.717) is 16.4 Å². The van der Waals surface area contributed by atoms with Crippen molar-refractivity contribution < 1.29 is 4.42 Å². The van der Waals surface area contributed by atoms with Gasteiger partial charge in [0.15, 0.2) is 5.65 Å². The molecule has 0 unspecified atom stereocenters. The molecular formula is C105H148N12O4S2. The van der Waals surface area contributed by atoms with Crippen LogP contribution in [0, 0.1) is 41.5 Å². The maximum atomic E-state index is 11.5. The molecule has 1 fully saturated rings. The Morgan fingerprint density at radius 1 is 0.390 bits per heavy atom. The van der Waals surface area contributed by atoms with Gasteiger partial charge in [-0.05, 0) is 205 Å². The summed E-state index contributed by atoms with van der Waals surface area (Å²) in [6.07, 6.45) is 21.5. The highest BCUT2D eigenvalue weighted by atomic mass is 32.1. The van der Waals surface area contributed by atoms with Crippen LogP contribution in [0.2, 0.25) is 0 Å². The fourth-order valence-electron chi connectivity index (χ4n) is 11.5. The van der Waals surface area contributed by atoms with Gasteiger partial charge in [0, 0.05) is 81.4 Å². The third-order valence-electron chi connectivity index (χ3n) is 17.2. The van der Waals surface area contributed by atoms with Crippen molar-refractivity contribution in [2.24, 2.45) is 21.1 Å². The zero-order valence-corrected chi connectivity index (χ0v) is 81.8. The van der Waals surface area contributed by atoms with Gasteiger partial charge in [0.1, 0.15) is 10.1 Å². The van der Waals surface area contributed by atoms with E-state index in [1.165, 1.54) is 171 Å². The molecule has 0 spiro atoms. The largest absolute Gasteiger partial charge is 0.472 e. The third kappa shape index (κ3) is 38.3. The minimum absolute atomic E-state index is 0.000556. The van der Waals surface area contributed by atoms with E-state index in [1.54, 1.807) is 50.9 Å². The Hall–Kier alpha value is -11.3. The number of nitrogens with one attached hydrogen (secondary N) is 2. The second kappa shape index (κ2) is 67.3. The standard InChI is InChI=1S/C13H10S.C11H14.2C10H9N.C9H8N2O.C9H9N.C7H6N2OS.C6H6N4O.C5H11N.C5H6O.10C2H6/c1-9-5-4-7-11-10-6-2-3-8-12(10)14-13(9)11;1-9-6-7-10-4-2-3-5-11(10)8-9;1-8-6-9-4-2-3-5-10(9)7-11-8;1-8-6-7-9-4-2-3-5-10(9)11-8;1-11-6-10-8-5-3-2-4-7(8)9(11)12;1-7-2-3-9-8(6-7)4-5-10-9;1-9-4-8-5-2-3-11-6(5)7(9)10;1-10-3-7-5-4(6(10)11)2-8-9-5;1-6-4-2-3-5-6;1-5-2-3-6-4-5;10*1-2/h2-8H,1H3;6-8H,2-5H2,1H3;2*2-7H,1H3;2-6H,1H3;2-6,10H,1H3;2-4H,1H3;2-3H,1H3,(H,8,9);2-5H2,1H3;2-4H,1H3;10*1-2H3. The van der Waals surface area contributed by atoms with Crippen molar-refractivity contribution >= 4 is 108 Å². The third-order valence-corrected chi connectivity index (χ3v) is 19.4. The summed E-state index contributed by atoms with van der Waals surface area (Å²) in [5, 5.41) is 17.1. The van der Waals surface area contributed by atoms with Gasteiger partial charge in [-0.3, -0.25) is 29.5 Å². The summed E-state index contributed by atoms with van der Waals surface area (Å²) in [4.78, 5) is 60.2. The molecule has 0 atom stereocenters. The highest BCUT2D eigenvalue weighted by molar-refractivity contribution is 7.26. The fraction of sp³-hybridized carbons (Fsp3) is 0.362. The molecule has 18 heteroatoms. The number of thiophene rings is 2. The van der Waals surface area contributed by atoms with Crippen molar-refractivity contribution in [2.45, 2.75) is 219 Å². The molecule has 7 aromatic carbocycles. The summed E-state index contributed by atoms with van der Waals surface area (Å²) < 4.78 is 12.6. The minimum Gasteiger partial charge on any atom is -0.472 e. The molecule has 664 valence electrons.